The van der Waals surface area contributed by atoms with E-state index in [1.54, 1.807) is 12.1 Å². The van der Waals surface area contributed by atoms with Crippen LogP contribution in [0.5, 0.6) is 0 Å². The van der Waals surface area contributed by atoms with E-state index in [1.807, 2.05) is 35.2 Å². The van der Waals surface area contributed by atoms with E-state index in [0.717, 1.165) is 31.5 Å². The van der Waals surface area contributed by atoms with Gasteiger partial charge in [-0.2, -0.15) is 0 Å². The Morgan fingerprint density at radius 2 is 1.82 bits per heavy atom. The molecule has 0 unspecified atom stereocenters. The number of hydrogen-bond acceptors (Lipinski definition) is 5. The number of carbonyl (C=O) groups is 1. The Balaban J connectivity index is 1.65. The van der Waals surface area contributed by atoms with Crippen molar-refractivity contribution in [2.45, 2.75) is 23.2 Å². The average Bonchev–Trinajstić information content (AvgIpc) is 3.37. The number of thioether (sulfide) groups is 1. The van der Waals surface area contributed by atoms with Crippen LogP contribution in [0.25, 0.3) is 11.4 Å². The standard InChI is InChI=1S/C20H20FN5OS/c21-16-10-6-9-15(13-16)18-23-24-20(26(18)22)28-17(14-7-2-1-3-8-14)19(27)25-11-4-5-12-25/h1-3,6-10,13,17H,4-5,11-12,22H2/t17-/m1/s1. The van der Waals surface area contributed by atoms with Gasteiger partial charge in [-0.15, -0.1) is 10.2 Å². The highest BCUT2D eigenvalue weighted by molar-refractivity contribution is 8.00. The number of nitrogen functional groups attached to an aromatic ring is 1. The second-order valence-corrected chi connectivity index (χ2v) is 7.70. The molecule has 1 amide bonds. The zero-order valence-corrected chi connectivity index (χ0v) is 16.0. The summed E-state index contributed by atoms with van der Waals surface area (Å²) in [5.41, 5.74) is 1.42. The fourth-order valence-corrected chi connectivity index (χ4v) is 4.32. The van der Waals surface area contributed by atoms with E-state index in [0.29, 0.717) is 16.5 Å². The van der Waals surface area contributed by atoms with Crippen LogP contribution in [-0.2, 0) is 4.79 Å². The smallest absolute Gasteiger partial charge is 0.240 e. The van der Waals surface area contributed by atoms with Gasteiger partial charge in [-0.1, -0.05) is 54.2 Å². The van der Waals surface area contributed by atoms with E-state index in [2.05, 4.69) is 10.2 Å². The van der Waals surface area contributed by atoms with Gasteiger partial charge in [0.05, 0.1) is 0 Å². The fourth-order valence-electron chi connectivity index (χ4n) is 3.28. The highest BCUT2D eigenvalue weighted by Gasteiger charge is 2.30. The zero-order valence-electron chi connectivity index (χ0n) is 15.2. The van der Waals surface area contributed by atoms with Crippen LogP contribution in [0.15, 0.2) is 59.8 Å². The topological polar surface area (TPSA) is 77.0 Å². The van der Waals surface area contributed by atoms with Gasteiger partial charge in [0, 0.05) is 18.7 Å². The van der Waals surface area contributed by atoms with Crippen molar-refractivity contribution in [1.29, 1.82) is 0 Å². The first-order chi connectivity index (χ1) is 13.6. The molecule has 0 radical (unpaired) electrons. The molecule has 6 nitrogen and oxygen atoms in total. The molecule has 2 N–H and O–H groups in total. The molecule has 0 saturated carbocycles. The van der Waals surface area contributed by atoms with Crippen molar-refractivity contribution < 1.29 is 9.18 Å². The van der Waals surface area contributed by atoms with Gasteiger partial charge in [0.2, 0.25) is 11.1 Å². The second kappa shape index (κ2) is 8.02. The van der Waals surface area contributed by atoms with Crippen molar-refractivity contribution in [3.05, 3.63) is 66.0 Å². The van der Waals surface area contributed by atoms with Gasteiger partial charge < -0.3 is 10.7 Å². The molecule has 8 heteroatoms. The van der Waals surface area contributed by atoms with Gasteiger partial charge in [0.1, 0.15) is 11.1 Å². The van der Waals surface area contributed by atoms with Crippen molar-refractivity contribution in [3.63, 3.8) is 0 Å². The van der Waals surface area contributed by atoms with E-state index in [9.17, 15) is 9.18 Å². The van der Waals surface area contributed by atoms with Gasteiger partial charge in [-0.05, 0) is 30.5 Å². The van der Waals surface area contributed by atoms with E-state index in [1.165, 1.54) is 28.6 Å². The maximum Gasteiger partial charge on any atom is 0.240 e. The lowest BCUT2D eigenvalue weighted by Crippen LogP contribution is -2.31. The van der Waals surface area contributed by atoms with Crippen LogP contribution in [-0.4, -0.2) is 38.8 Å². The van der Waals surface area contributed by atoms with Crippen LogP contribution < -0.4 is 5.84 Å². The molecule has 28 heavy (non-hydrogen) atoms. The maximum absolute atomic E-state index is 13.5. The van der Waals surface area contributed by atoms with Crippen LogP contribution in [0.1, 0.15) is 23.7 Å². The van der Waals surface area contributed by atoms with Crippen molar-refractivity contribution in [3.8, 4) is 11.4 Å². The lowest BCUT2D eigenvalue weighted by atomic mass is 10.1. The van der Waals surface area contributed by atoms with Gasteiger partial charge in [0.15, 0.2) is 5.82 Å². The molecular formula is C20H20FN5OS. The minimum absolute atomic E-state index is 0.0454. The number of aromatic nitrogens is 3. The van der Waals surface area contributed by atoms with Crippen LogP contribution in [0.2, 0.25) is 0 Å². The number of likely N-dealkylation sites (tertiary alicyclic amines) is 1. The molecule has 1 aromatic heterocycles. The molecule has 0 spiro atoms. The summed E-state index contributed by atoms with van der Waals surface area (Å²) in [7, 11) is 0. The summed E-state index contributed by atoms with van der Waals surface area (Å²) in [5.74, 6) is 6.21. The molecule has 2 heterocycles. The number of halogens is 1. The first-order valence-electron chi connectivity index (χ1n) is 9.10. The van der Waals surface area contributed by atoms with E-state index in [4.69, 9.17) is 5.84 Å². The number of hydrogen-bond donors (Lipinski definition) is 1. The molecule has 2 aromatic carbocycles. The summed E-state index contributed by atoms with van der Waals surface area (Å²) in [6.07, 6.45) is 2.05. The first kappa shape index (κ1) is 18.5. The molecule has 3 aromatic rings. The second-order valence-electron chi connectivity index (χ2n) is 6.63. The number of nitrogens with two attached hydrogens (primary N) is 1. The van der Waals surface area contributed by atoms with Crippen LogP contribution in [0.4, 0.5) is 4.39 Å². The number of nitrogens with zero attached hydrogens (tertiary/aromatic N) is 4. The highest BCUT2D eigenvalue weighted by atomic mass is 32.2. The summed E-state index contributed by atoms with van der Waals surface area (Å²) in [4.78, 5) is 15.0. The normalized spacial score (nSPS) is 15.0. The maximum atomic E-state index is 13.5. The van der Waals surface area contributed by atoms with Crippen molar-refractivity contribution in [2.24, 2.45) is 0 Å². The summed E-state index contributed by atoms with van der Waals surface area (Å²) in [6.45, 7) is 1.54. The van der Waals surface area contributed by atoms with Gasteiger partial charge in [-0.25, -0.2) is 9.07 Å². The number of carbonyl (C=O) groups excluding carboxylic acids is 1. The number of rotatable bonds is 5. The van der Waals surface area contributed by atoms with Gasteiger partial charge >= 0.3 is 0 Å². The highest BCUT2D eigenvalue weighted by Crippen LogP contribution is 2.37. The third-order valence-corrected chi connectivity index (χ3v) is 5.91. The number of benzene rings is 2. The number of amides is 1. The summed E-state index contributed by atoms with van der Waals surface area (Å²) < 4.78 is 14.9. The average molecular weight is 397 g/mol. The lowest BCUT2D eigenvalue weighted by Gasteiger charge is -2.22. The Morgan fingerprint density at radius 3 is 2.54 bits per heavy atom. The first-order valence-corrected chi connectivity index (χ1v) is 9.98. The molecule has 1 fully saturated rings. The summed E-state index contributed by atoms with van der Waals surface area (Å²) in [6, 6.07) is 15.6. The summed E-state index contributed by atoms with van der Waals surface area (Å²) in [5, 5.41) is 8.20. The molecule has 1 aliphatic heterocycles. The minimum atomic E-state index is -0.467. The molecular weight excluding hydrogens is 377 g/mol. The molecule has 144 valence electrons. The fraction of sp³-hybridized carbons (Fsp3) is 0.250. The largest absolute Gasteiger partial charge is 0.341 e. The van der Waals surface area contributed by atoms with E-state index in [-0.39, 0.29) is 11.7 Å². The Labute approximate surface area is 166 Å². The van der Waals surface area contributed by atoms with Crippen LogP contribution in [0, 0.1) is 5.82 Å². The molecule has 1 atom stereocenters. The Bertz CT molecular complexity index is 972. The van der Waals surface area contributed by atoms with Crippen LogP contribution in [0.3, 0.4) is 0 Å². The van der Waals surface area contributed by atoms with E-state index < -0.39 is 5.25 Å². The lowest BCUT2D eigenvalue weighted by molar-refractivity contribution is -0.129. The van der Waals surface area contributed by atoms with Gasteiger partial charge in [-0.3, -0.25) is 4.79 Å². The molecule has 1 saturated heterocycles. The Hall–Kier alpha value is -2.87. The van der Waals surface area contributed by atoms with Gasteiger partial charge in [0.25, 0.3) is 0 Å². The summed E-state index contributed by atoms with van der Waals surface area (Å²) >= 11 is 1.26. The predicted molar refractivity (Wildman–Crippen MR) is 106 cm³/mol. The van der Waals surface area contributed by atoms with Crippen molar-refractivity contribution in [1.82, 2.24) is 19.8 Å². The monoisotopic (exact) mass is 397 g/mol. The Kier molecular flexibility index (Phi) is 5.29. The van der Waals surface area contributed by atoms with Crippen molar-refractivity contribution in [2.75, 3.05) is 18.9 Å². The molecule has 0 bridgehead atoms. The zero-order chi connectivity index (χ0) is 19.5. The minimum Gasteiger partial charge on any atom is -0.341 e. The predicted octanol–water partition coefficient (Wildman–Crippen LogP) is 3.25. The third kappa shape index (κ3) is 3.73. The SMILES string of the molecule is Nn1c(S[C@@H](C(=O)N2CCCC2)c2ccccc2)nnc1-c1cccc(F)c1. The third-order valence-electron chi connectivity index (χ3n) is 4.71. The van der Waals surface area contributed by atoms with Crippen molar-refractivity contribution >= 4 is 17.7 Å². The quantitative estimate of drug-likeness (QED) is 0.528. The van der Waals surface area contributed by atoms with Crippen LogP contribution >= 0.6 is 11.8 Å². The molecule has 0 aliphatic carbocycles. The molecule has 4 rings (SSSR count). The molecule has 1 aliphatic rings. The van der Waals surface area contributed by atoms with E-state index >= 15 is 0 Å². The Morgan fingerprint density at radius 1 is 1.07 bits per heavy atom.